The number of thiocarbonyl (C=S) groups is 1. The Labute approximate surface area is 105 Å². The minimum Gasteiger partial charge on any atom is -0.389 e. The van der Waals surface area contributed by atoms with E-state index in [1.54, 1.807) is 6.07 Å². The maximum absolute atomic E-state index is 5.95. The molecule has 1 fully saturated rings. The summed E-state index contributed by atoms with van der Waals surface area (Å²) in [7, 11) is 0. The molecule has 3 nitrogen and oxygen atoms in total. The van der Waals surface area contributed by atoms with E-state index in [4.69, 9.17) is 34.3 Å². The Bertz CT molecular complexity index is 405. The van der Waals surface area contributed by atoms with Crippen molar-refractivity contribution in [2.45, 2.75) is 12.5 Å². The number of anilines is 1. The molecular formula is C11H13ClN2OS. The molecule has 1 atom stereocenters. The molecule has 1 aliphatic heterocycles. The van der Waals surface area contributed by atoms with Gasteiger partial charge in [-0.15, -0.1) is 0 Å². The molecule has 1 saturated heterocycles. The Morgan fingerprint density at radius 2 is 2.38 bits per heavy atom. The summed E-state index contributed by atoms with van der Waals surface area (Å²) in [6.07, 6.45) is 0.989. The number of rotatable bonds is 3. The van der Waals surface area contributed by atoms with E-state index in [-0.39, 0.29) is 0 Å². The zero-order valence-corrected chi connectivity index (χ0v) is 10.3. The van der Waals surface area contributed by atoms with Gasteiger partial charge in [0.1, 0.15) is 4.99 Å². The van der Waals surface area contributed by atoms with Crippen molar-refractivity contribution < 1.29 is 4.74 Å². The van der Waals surface area contributed by atoms with Crippen LogP contribution in [0.1, 0.15) is 12.0 Å². The van der Waals surface area contributed by atoms with Gasteiger partial charge in [0.05, 0.1) is 12.6 Å². The lowest BCUT2D eigenvalue weighted by Gasteiger charge is -2.15. The van der Waals surface area contributed by atoms with Crippen molar-refractivity contribution in [1.29, 1.82) is 0 Å². The zero-order chi connectivity index (χ0) is 11.5. The summed E-state index contributed by atoms with van der Waals surface area (Å²) in [5, 5.41) is 4.02. The molecule has 5 heteroatoms. The van der Waals surface area contributed by atoms with Crippen LogP contribution in [-0.4, -0.2) is 24.2 Å². The Kier molecular flexibility index (Phi) is 3.63. The third-order valence-electron chi connectivity index (χ3n) is 2.54. The summed E-state index contributed by atoms with van der Waals surface area (Å²) in [4.78, 5) is 0.373. The molecule has 1 aliphatic rings. The molecule has 1 aromatic rings. The molecule has 3 N–H and O–H groups in total. The molecule has 0 radical (unpaired) electrons. The topological polar surface area (TPSA) is 47.3 Å². The third kappa shape index (κ3) is 2.64. The normalized spacial score (nSPS) is 19.7. The van der Waals surface area contributed by atoms with Crippen molar-refractivity contribution in [2.24, 2.45) is 5.73 Å². The number of halogens is 1. The van der Waals surface area contributed by atoms with Crippen LogP contribution in [0.3, 0.4) is 0 Å². The minimum atomic E-state index is 0.312. The van der Waals surface area contributed by atoms with Gasteiger partial charge in [0.2, 0.25) is 0 Å². The fraction of sp³-hybridized carbons (Fsp3) is 0.364. The van der Waals surface area contributed by atoms with Crippen LogP contribution < -0.4 is 11.1 Å². The molecular weight excluding hydrogens is 244 g/mol. The molecule has 86 valence electrons. The van der Waals surface area contributed by atoms with E-state index in [9.17, 15) is 0 Å². The van der Waals surface area contributed by atoms with Crippen LogP contribution in [-0.2, 0) is 4.74 Å². The smallest absolute Gasteiger partial charge is 0.106 e. The Morgan fingerprint density at radius 3 is 3.00 bits per heavy atom. The third-order valence-corrected chi connectivity index (χ3v) is 2.99. The van der Waals surface area contributed by atoms with E-state index < -0.39 is 0 Å². The van der Waals surface area contributed by atoms with Crippen molar-refractivity contribution in [2.75, 3.05) is 18.5 Å². The maximum Gasteiger partial charge on any atom is 0.106 e. The molecule has 0 aromatic heterocycles. The average molecular weight is 257 g/mol. The van der Waals surface area contributed by atoms with Gasteiger partial charge in [0.15, 0.2) is 0 Å². The largest absolute Gasteiger partial charge is 0.389 e. The second-order valence-corrected chi connectivity index (χ2v) is 4.64. The lowest BCUT2D eigenvalue weighted by Crippen LogP contribution is -2.22. The van der Waals surface area contributed by atoms with Gasteiger partial charge in [-0.3, -0.25) is 0 Å². The number of hydrogen-bond donors (Lipinski definition) is 2. The van der Waals surface area contributed by atoms with E-state index >= 15 is 0 Å². The number of benzene rings is 1. The monoisotopic (exact) mass is 256 g/mol. The van der Waals surface area contributed by atoms with Crippen LogP contribution in [0.4, 0.5) is 5.69 Å². The first-order chi connectivity index (χ1) is 7.66. The van der Waals surface area contributed by atoms with Crippen LogP contribution in [0.2, 0.25) is 5.02 Å². The summed E-state index contributed by atoms with van der Waals surface area (Å²) in [5.74, 6) is 0. The van der Waals surface area contributed by atoms with Gasteiger partial charge >= 0.3 is 0 Å². The predicted molar refractivity (Wildman–Crippen MR) is 70.2 cm³/mol. The Hall–Kier alpha value is -0.840. The van der Waals surface area contributed by atoms with Crippen molar-refractivity contribution in [1.82, 2.24) is 0 Å². The van der Waals surface area contributed by atoms with Crippen molar-refractivity contribution in [3.63, 3.8) is 0 Å². The summed E-state index contributed by atoms with van der Waals surface area (Å²) < 4.78 is 5.30. The van der Waals surface area contributed by atoms with Crippen LogP contribution >= 0.6 is 23.8 Å². The molecule has 0 spiro atoms. The van der Waals surface area contributed by atoms with E-state index in [0.717, 1.165) is 24.3 Å². The van der Waals surface area contributed by atoms with E-state index in [1.165, 1.54) is 0 Å². The molecule has 1 heterocycles. The SMILES string of the molecule is NC(=S)c1ccc(Cl)cc1NC1CCOC1. The Balaban J connectivity index is 2.22. The molecule has 0 bridgehead atoms. The number of hydrogen-bond acceptors (Lipinski definition) is 3. The van der Waals surface area contributed by atoms with Crippen molar-refractivity contribution >= 4 is 34.5 Å². The minimum absolute atomic E-state index is 0.312. The van der Waals surface area contributed by atoms with Gasteiger partial charge in [-0.05, 0) is 24.6 Å². The summed E-state index contributed by atoms with van der Waals surface area (Å²) >= 11 is 10.9. The average Bonchev–Trinajstić information content (AvgIpc) is 2.70. The molecule has 16 heavy (non-hydrogen) atoms. The first-order valence-corrected chi connectivity index (χ1v) is 5.89. The van der Waals surface area contributed by atoms with Gasteiger partial charge in [0.25, 0.3) is 0 Å². The number of nitrogens with two attached hydrogens (primary N) is 1. The highest BCUT2D eigenvalue weighted by Gasteiger charge is 2.17. The molecule has 1 aromatic carbocycles. The van der Waals surface area contributed by atoms with Gasteiger partial charge in [-0.1, -0.05) is 23.8 Å². The highest BCUT2D eigenvalue weighted by atomic mass is 35.5. The van der Waals surface area contributed by atoms with Crippen LogP contribution in [0.25, 0.3) is 0 Å². The van der Waals surface area contributed by atoms with Crippen molar-refractivity contribution in [3.8, 4) is 0 Å². The second-order valence-electron chi connectivity index (χ2n) is 3.76. The number of ether oxygens (including phenoxy) is 1. The van der Waals surface area contributed by atoms with Crippen molar-refractivity contribution in [3.05, 3.63) is 28.8 Å². The lowest BCUT2D eigenvalue weighted by atomic mass is 10.1. The molecule has 0 amide bonds. The van der Waals surface area contributed by atoms with Crippen LogP contribution in [0.5, 0.6) is 0 Å². The lowest BCUT2D eigenvalue weighted by molar-refractivity contribution is 0.195. The van der Waals surface area contributed by atoms with Gasteiger partial charge < -0.3 is 15.8 Å². The standard InChI is InChI=1S/C11H13ClN2OS/c12-7-1-2-9(11(13)16)10(5-7)14-8-3-4-15-6-8/h1-2,5,8,14H,3-4,6H2,(H2,13,16). The van der Waals surface area contributed by atoms with Crippen LogP contribution in [0, 0.1) is 0 Å². The molecule has 0 saturated carbocycles. The quantitative estimate of drug-likeness (QED) is 0.814. The highest BCUT2D eigenvalue weighted by molar-refractivity contribution is 7.80. The van der Waals surface area contributed by atoms with E-state index in [1.807, 2.05) is 12.1 Å². The van der Waals surface area contributed by atoms with Crippen LogP contribution in [0.15, 0.2) is 18.2 Å². The molecule has 0 aliphatic carbocycles. The highest BCUT2D eigenvalue weighted by Crippen LogP contribution is 2.23. The fourth-order valence-electron chi connectivity index (χ4n) is 1.72. The van der Waals surface area contributed by atoms with Gasteiger partial charge in [0, 0.05) is 22.9 Å². The first-order valence-electron chi connectivity index (χ1n) is 5.10. The molecule has 2 rings (SSSR count). The second kappa shape index (κ2) is 4.99. The summed E-state index contributed by atoms with van der Waals surface area (Å²) in [6.45, 7) is 1.50. The van der Waals surface area contributed by atoms with E-state index in [2.05, 4.69) is 5.32 Å². The molecule has 1 unspecified atom stereocenters. The maximum atomic E-state index is 5.95. The summed E-state index contributed by atoms with van der Waals surface area (Å²) in [6, 6.07) is 5.77. The van der Waals surface area contributed by atoms with Gasteiger partial charge in [-0.25, -0.2) is 0 Å². The first kappa shape index (κ1) is 11.6. The van der Waals surface area contributed by atoms with Gasteiger partial charge in [-0.2, -0.15) is 0 Å². The van der Waals surface area contributed by atoms with E-state index in [0.29, 0.717) is 22.7 Å². The fourth-order valence-corrected chi connectivity index (χ4v) is 2.07. The summed E-state index contributed by atoms with van der Waals surface area (Å²) in [5.41, 5.74) is 7.37. The number of nitrogens with one attached hydrogen (secondary N) is 1. The zero-order valence-electron chi connectivity index (χ0n) is 8.70. The Morgan fingerprint density at radius 1 is 1.56 bits per heavy atom. The predicted octanol–water partition coefficient (Wildman–Crippen LogP) is 2.17.